The molecule has 0 atom stereocenters. The quantitative estimate of drug-likeness (QED) is 0.812. The Morgan fingerprint density at radius 1 is 1.13 bits per heavy atom. The molecule has 0 bridgehead atoms. The van der Waals surface area contributed by atoms with Crippen LogP contribution in [0.4, 0.5) is 10.1 Å². The van der Waals surface area contributed by atoms with Gasteiger partial charge in [-0.15, -0.1) is 0 Å². The number of rotatable bonds is 2. The van der Waals surface area contributed by atoms with Crippen LogP contribution in [0.25, 0.3) is 0 Å². The molecular formula is C12H11FN2. The molecule has 0 aliphatic carbocycles. The van der Waals surface area contributed by atoms with Crippen molar-refractivity contribution in [3.8, 4) is 0 Å². The van der Waals surface area contributed by atoms with E-state index >= 15 is 0 Å². The van der Waals surface area contributed by atoms with Gasteiger partial charge in [0.25, 0.3) is 0 Å². The van der Waals surface area contributed by atoms with Gasteiger partial charge in [0.15, 0.2) is 0 Å². The lowest BCUT2D eigenvalue weighted by Gasteiger charge is -2.05. The van der Waals surface area contributed by atoms with E-state index in [4.69, 9.17) is 5.73 Å². The second-order valence-electron chi connectivity index (χ2n) is 3.34. The van der Waals surface area contributed by atoms with E-state index in [2.05, 4.69) is 4.98 Å². The zero-order valence-electron chi connectivity index (χ0n) is 8.15. The van der Waals surface area contributed by atoms with Crippen LogP contribution in [0.5, 0.6) is 0 Å². The minimum absolute atomic E-state index is 0.200. The van der Waals surface area contributed by atoms with Crippen molar-refractivity contribution in [2.24, 2.45) is 0 Å². The maximum absolute atomic E-state index is 13.4. The van der Waals surface area contributed by atoms with Crippen LogP contribution in [-0.4, -0.2) is 4.98 Å². The minimum atomic E-state index is -0.200. The molecule has 2 N–H and O–H groups in total. The summed E-state index contributed by atoms with van der Waals surface area (Å²) in [5.74, 6) is -0.200. The van der Waals surface area contributed by atoms with Crippen LogP contribution < -0.4 is 5.73 Å². The molecule has 3 heteroatoms. The van der Waals surface area contributed by atoms with Crippen molar-refractivity contribution in [1.29, 1.82) is 0 Å². The van der Waals surface area contributed by atoms with E-state index in [1.807, 2.05) is 12.1 Å². The summed E-state index contributed by atoms with van der Waals surface area (Å²) in [5, 5.41) is 0. The van der Waals surface area contributed by atoms with Crippen LogP contribution in [0.15, 0.2) is 42.7 Å². The van der Waals surface area contributed by atoms with Crippen molar-refractivity contribution in [2.75, 3.05) is 5.73 Å². The molecule has 0 radical (unpaired) electrons. The molecule has 76 valence electrons. The second-order valence-corrected chi connectivity index (χ2v) is 3.34. The average molecular weight is 202 g/mol. The van der Waals surface area contributed by atoms with E-state index < -0.39 is 0 Å². The van der Waals surface area contributed by atoms with Crippen LogP contribution in [0.3, 0.4) is 0 Å². The number of hydrogen-bond donors (Lipinski definition) is 1. The fourth-order valence-corrected chi connectivity index (χ4v) is 1.44. The largest absolute Gasteiger partial charge is 0.397 e. The number of anilines is 1. The molecule has 0 unspecified atom stereocenters. The van der Waals surface area contributed by atoms with Crippen LogP contribution in [-0.2, 0) is 6.42 Å². The Kier molecular flexibility index (Phi) is 2.63. The SMILES string of the molecule is Nc1cnccc1Cc1ccccc1F. The highest BCUT2D eigenvalue weighted by atomic mass is 19.1. The second kappa shape index (κ2) is 4.09. The lowest BCUT2D eigenvalue weighted by molar-refractivity contribution is 0.614. The molecule has 2 aromatic rings. The third-order valence-electron chi connectivity index (χ3n) is 2.28. The number of aromatic nitrogens is 1. The van der Waals surface area contributed by atoms with Crippen molar-refractivity contribution in [1.82, 2.24) is 4.98 Å². The fourth-order valence-electron chi connectivity index (χ4n) is 1.44. The summed E-state index contributed by atoms with van der Waals surface area (Å²) in [5.41, 5.74) is 7.88. The number of nitrogen functional groups attached to an aromatic ring is 1. The zero-order chi connectivity index (χ0) is 10.7. The smallest absolute Gasteiger partial charge is 0.126 e. The first-order valence-corrected chi connectivity index (χ1v) is 4.69. The highest BCUT2D eigenvalue weighted by molar-refractivity contribution is 5.46. The topological polar surface area (TPSA) is 38.9 Å². The van der Waals surface area contributed by atoms with Crippen LogP contribution in [0.1, 0.15) is 11.1 Å². The van der Waals surface area contributed by atoms with Crippen molar-refractivity contribution < 1.29 is 4.39 Å². The Balaban J connectivity index is 2.30. The lowest BCUT2D eigenvalue weighted by atomic mass is 10.0. The molecule has 0 spiro atoms. The summed E-state index contributed by atoms with van der Waals surface area (Å²) < 4.78 is 13.4. The van der Waals surface area contributed by atoms with E-state index in [-0.39, 0.29) is 5.82 Å². The van der Waals surface area contributed by atoms with Gasteiger partial charge in [0.2, 0.25) is 0 Å². The summed E-state index contributed by atoms with van der Waals surface area (Å²) in [6.45, 7) is 0. The monoisotopic (exact) mass is 202 g/mol. The zero-order valence-corrected chi connectivity index (χ0v) is 8.15. The predicted molar refractivity (Wildman–Crippen MR) is 57.9 cm³/mol. The molecule has 1 heterocycles. The molecule has 0 aliphatic rings. The van der Waals surface area contributed by atoms with E-state index in [9.17, 15) is 4.39 Å². The number of nitrogens with two attached hydrogens (primary N) is 1. The Labute approximate surface area is 87.6 Å². The first-order chi connectivity index (χ1) is 7.27. The number of benzene rings is 1. The highest BCUT2D eigenvalue weighted by Crippen LogP contribution is 2.16. The summed E-state index contributed by atoms with van der Waals surface area (Å²) >= 11 is 0. The van der Waals surface area contributed by atoms with Crippen molar-refractivity contribution in [3.63, 3.8) is 0 Å². The van der Waals surface area contributed by atoms with E-state index in [0.717, 1.165) is 5.56 Å². The normalized spacial score (nSPS) is 10.2. The molecule has 1 aromatic carbocycles. The fraction of sp³-hybridized carbons (Fsp3) is 0.0833. The Hall–Kier alpha value is -1.90. The first-order valence-electron chi connectivity index (χ1n) is 4.69. The maximum atomic E-state index is 13.4. The molecule has 1 aromatic heterocycles. The molecule has 0 aliphatic heterocycles. The molecule has 0 saturated heterocycles. The highest BCUT2D eigenvalue weighted by Gasteiger charge is 2.04. The van der Waals surface area contributed by atoms with E-state index in [0.29, 0.717) is 17.7 Å². The Morgan fingerprint density at radius 2 is 1.93 bits per heavy atom. The van der Waals surface area contributed by atoms with Crippen molar-refractivity contribution in [2.45, 2.75) is 6.42 Å². The van der Waals surface area contributed by atoms with Crippen molar-refractivity contribution >= 4 is 5.69 Å². The molecule has 2 rings (SSSR count). The summed E-state index contributed by atoms with van der Waals surface area (Å²) in [6.07, 6.45) is 3.74. The van der Waals surface area contributed by atoms with Gasteiger partial charge in [-0.2, -0.15) is 0 Å². The van der Waals surface area contributed by atoms with Gasteiger partial charge in [0.05, 0.1) is 11.9 Å². The molecule has 2 nitrogen and oxygen atoms in total. The number of halogens is 1. The third-order valence-corrected chi connectivity index (χ3v) is 2.28. The standard InChI is InChI=1S/C12H11FN2/c13-11-4-2-1-3-9(11)7-10-5-6-15-8-12(10)14/h1-6,8H,7,14H2. The van der Waals surface area contributed by atoms with E-state index in [1.54, 1.807) is 24.5 Å². The molecule has 0 amide bonds. The minimum Gasteiger partial charge on any atom is -0.397 e. The molecule has 0 saturated carbocycles. The Morgan fingerprint density at radius 3 is 2.67 bits per heavy atom. The van der Waals surface area contributed by atoms with Gasteiger partial charge in [0.1, 0.15) is 5.82 Å². The van der Waals surface area contributed by atoms with Gasteiger partial charge in [-0.05, 0) is 23.3 Å². The van der Waals surface area contributed by atoms with Crippen LogP contribution in [0.2, 0.25) is 0 Å². The van der Waals surface area contributed by atoms with Gasteiger partial charge in [-0.1, -0.05) is 18.2 Å². The molecule has 0 fully saturated rings. The predicted octanol–water partition coefficient (Wildman–Crippen LogP) is 2.39. The van der Waals surface area contributed by atoms with Crippen LogP contribution >= 0.6 is 0 Å². The van der Waals surface area contributed by atoms with Gasteiger partial charge < -0.3 is 5.73 Å². The lowest BCUT2D eigenvalue weighted by Crippen LogP contribution is -1.98. The molecule has 15 heavy (non-hydrogen) atoms. The number of pyridine rings is 1. The summed E-state index contributed by atoms with van der Waals surface area (Å²) in [6, 6.07) is 8.51. The van der Waals surface area contributed by atoms with Crippen LogP contribution in [0, 0.1) is 5.82 Å². The van der Waals surface area contributed by atoms with Gasteiger partial charge in [-0.25, -0.2) is 4.39 Å². The van der Waals surface area contributed by atoms with E-state index in [1.165, 1.54) is 6.07 Å². The average Bonchev–Trinajstić information content (AvgIpc) is 2.24. The third kappa shape index (κ3) is 2.13. The van der Waals surface area contributed by atoms with Gasteiger partial charge in [0, 0.05) is 12.6 Å². The van der Waals surface area contributed by atoms with Gasteiger partial charge in [-0.3, -0.25) is 4.98 Å². The first kappa shape index (κ1) is 9.65. The summed E-state index contributed by atoms with van der Waals surface area (Å²) in [4.78, 5) is 3.89. The number of nitrogens with zero attached hydrogens (tertiary/aromatic N) is 1. The van der Waals surface area contributed by atoms with Gasteiger partial charge >= 0.3 is 0 Å². The number of hydrogen-bond acceptors (Lipinski definition) is 2. The summed E-state index contributed by atoms with van der Waals surface area (Å²) in [7, 11) is 0. The maximum Gasteiger partial charge on any atom is 0.126 e. The Bertz CT molecular complexity index is 425. The molecular weight excluding hydrogens is 191 g/mol. The van der Waals surface area contributed by atoms with Crippen molar-refractivity contribution in [3.05, 3.63) is 59.7 Å².